The Balaban J connectivity index is 2.42. The van der Waals surface area contributed by atoms with Gasteiger partial charge in [0.2, 0.25) is 0 Å². The van der Waals surface area contributed by atoms with Gasteiger partial charge in [-0.05, 0) is 24.6 Å². The smallest absolute Gasteiger partial charge is 0.374 e. The first-order valence-corrected chi connectivity index (χ1v) is 4.91. The van der Waals surface area contributed by atoms with Crippen molar-refractivity contribution in [1.82, 2.24) is 16.4 Å². The lowest BCUT2D eigenvalue weighted by molar-refractivity contribution is 0.246. The molecular formula is C9H10ClN4O2. The third kappa shape index (κ3) is 1.84. The summed E-state index contributed by atoms with van der Waals surface area (Å²) in [5.74, 6) is 0.470. The van der Waals surface area contributed by atoms with Crippen molar-refractivity contribution >= 4 is 23.3 Å². The Kier molecular flexibility index (Phi) is 2.76. The van der Waals surface area contributed by atoms with Gasteiger partial charge >= 0.3 is 6.03 Å². The van der Waals surface area contributed by atoms with Crippen molar-refractivity contribution in [3.63, 3.8) is 0 Å². The van der Waals surface area contributed by atoms with Gasteiger partial charge in [-0.25, -0.2) is 10.2 Å². The summed E-state index contributed by atoms with van der Waals surface area (Å²) >= 11 is 6.03. The minimum atomic E-state index is -0.473. The van der Waals surface area contributed by atoms with Crippen LogP contribution in [-0.4, -0.2) is 13.1 Å². The van der Waals surface area contributed by atoms with Gasteiger partial charge < -0.3 is 4.74 Å². The van der Waals surface area contributed by atoms with E-state index in [0.717, 1.165) is 5.56 Å². The van der Waals surface area contributed by atoms with Gasteiger partial charge in [-0.2, -0.15) is 5.12 Å². The van der Waals surface area contributed by atoms with Crippen LogP contribution >= 0.6 is 11.6 Å². The zero-order chi connectivity index (χ0) is 11.7. The van der Waals surface area contributed by atoms with E-state index in [-0.39, 0.29) is 0 Å². The fourth-order valence-corrected chi connectivity index (χ4v) is 1.78. The van der Waals surface area contributed by atoms with Gasteiger partial charge in [0.15, 0.2) is 5.75 Å². The van der Waals surface area contributed by atoms with E-state index < -0.39 is 6.03 Å². The monoisotopic (exact) mass is 241 g/mol. The molecule has 16 heavy (non-hydrogen) atoms. The van der Waals surface area contributed by atoms with Crippen LogP contribution in [0.25, 0.3) is 0 Å². The van der Waals surface area contributed by atoms with E-state index in [9.17, 15) is 4.79 Å². The van der Waals surface area contributed by atoms with Crippen molar-refractivity contribution in [3.8, 4) is 5.75 Å². The summed E-state index contributed by atoms with van der Waals surface area (Å²) in [5.41, 5.74) is 9.99. The number of methoxy groups -OCH3 is 1. The molecule has 2 rings (SSSR count). The number of aryl methyl sites for hydroxylation is 1. The van der Waals surface area contributed by atoms with Crippen LogP contribution in [0.3, 0.4) is 0 Å². The number of nitrogens with zero attached hydrogens (tertiary/aromatic N) is 2. The zero-order valence-electron chi connectivity index (χ0n) is 8.74. The molecule has 1 aliphatic heterocycles. The van der Waals surface area contributed by atoms with Crippen molar-refractivity contribution in [2.75, 3.05) is 12.2 Å². The van der Waals surface area contributed by atoms with Crippen molar-refractivity contribution in [3.05, 3.63) is 22.7 Å². The molecule has 2 N–H and O–H groups in total. The fourth-order valence-electron chi connectivity index (χ4n) is 1.43. The molecule has 0 spiro atoms. The number of hydrogen-bond donors (Lipinski definition) is 2. The third-order valence-corrected chi connectivity index (χ3v) is 2.35. The number of amides is 2. The van der Waals surface area contributed by atoms with Crippen LogP contribution in [0.2, 0.25) is 5.02 Å². The molecular weight excluding hydrogens is 232 g/mol. The average Bonchev–Trinajstić information content (AvgIpc) is 2.63. The van der Waals surface area contributed by atoms with E-state index in [2.05, 4.69) is 16.4 Å². The lowest BCUT2D eigenvalue weighted by Crippen LogP contribution is -2.39. The molecule has 1 aliphatic rings. The number of benzene rings is 1. The first kappa shape index (κ1) is 10.8. The summed E-state index contributed by atoms with van der Waals surface area (Å²) in [5, 5.41) is 1.82. The number of ether oxygens (including phenoxy) is 1. The number of rotatable bonds is 2. The van der Waals surface area contributed by atoms with Crippen molar-refractivity contribution in [1.29, 1.82) is 0 Å². The standard InChI is InChI=1S/C9H10ClN4O2/c1-5-3-6(10)8(16-2)7(4-5)14-12-9(15)11-13-14/h3-4,13H,1-2H3,(H,12,15). The molecule has 6 nitrogen and oxygen atoms in total. The number of hydrogen-bond acceptors (Lipinski definition) is 4. The molecule has 7 heteroatoms. The van der Waals surface area contributed by atoms with Crippen molar-refractivity contribution in [2.45, 2.75) is 6.92 Å². The molecule has 85 valence electrons. The SMILES string of the molecule is COc1c(Cl)cc(C)cc1N1N[N]C(=O)N1. The van der Waals surface area contributed by atoms with Gasteiger partial charge in [0.25, 0.3) is 0 Å². The first-order valence-electron chi connectivity index (χ1n) is 4.53. The summed E-state index contributed by atoms with van der Waals surface area (Å²) in [6.07, 6.45) is 0. The highest BCUT2D eigenvalue weighted by Crippen LogP contribution is 2.35. The largest absolute Gasteiger partial charge is 0.493 e. The van der Waals surface area contributed by atoms with Crippen LogP contribution in [0.5, 0.6) is 5.75 Å². The fraction of sp³-hybridized carbons (Fsp3) is 0.222. The number of urea groups is 1. The summed E-state index contributed by atoms with van der Waals surface area (Å²) < 4.78 is 5.17. The van der Waals surface area contributed by atoms with Gasteiger partial charge in [0.1, 0.15) is 5.69 Å². The molecule has 0 saturated carbocycles. The van der Waals surface area contributed by atoms with Gasteiger partial charge in [-0.1, -0.05) is 17.1 Å². The van der Waals surface area contributed by atoms with E-state index in [1.807, 2.05) is 13.0 Å². The molecule has 1 fully saturated rings. The summed E-state index contributed by atoms with van der Waals surface area (Å²) in [7, 11) is 1.51. The molecule has 1 radical (unpaired) electrons. The highest BCUT2D eigenvalue weighted by atomic mass is 35.5. The molecule has 0 aliphatic carbocycles. The van der Waals surface area contributed by atoms with Crippen LogP contribution in [0.1, 0.15) is 5.56 Å². The lowest BCUT2D eigenvalue weighted by atomic mass is 10.2. The van der Waals surface area contributed by atoms with E-state index in [1.54, 1.807) is 6.07 Å². The molecule has 0 atom stereocenters. The second kappa shape index (κ2) is 4.07. The van der Waals surface area contributed by atoms with Gasteiger partial charge in [0, 0.05) is 0 Å². The van der Waals surface area contributed by atoms with Crippen molar-refractivity contribution < 1.29 is 9.53 Å². The van der Waals surface area contributed by atoms with Crippen LogP contribution in [0.4, 0.5) is 10.5 Å². The average molecular weight is 242 g/mol. The molecule has 0 bridgehead atoms. The number of nitrogens with one attached hydrogen (secondary N) is 2. The Labute approximate surface area is 97.4 Å². The molecule has 0 aromatic heterocycles. The number of halogens is 1. The molecule has 0 unspecified atom stereocenters. The maximum absolute atomic E-state index is 10.9. The van der Waals surface area contributed by atoms with E-state index >= 15 is 0 Å². The molecule has 1 heterocycles. The second-order valence-corrected chi connectivity index (χ2v) is 3.67. The summed E-state index contributed by atoms with van der Waals surface area (Å²) in [6, 6.07) is 3.12. The number of carbonyl (C=O) groups excluding carboxylic acids is 1. The Hall–Kier alpha value is -1.66. The lowest BCUT2D eigenvalue weighted by Gasteiger charge is -2.19. The summed E-state index contributed by atoms with van der Waals surface area (Å²) in [6.45, 7) is 1.89. The maximum atomic E-state index is 10.9. The normalized spacial score (nSPS) is 14.7. The van der Waals surface area contributed by atoms with Crippen LogP contribution in [0.15, 0.2) is 12.1 Å². The van der Waals surface area contributed by atoms with Crippen LogP contribution in [-0.2, 0) is 0 Å². The number of anilines is 1. The highest BCUT2D eigenvalue weighted by Gasteiger charge is 2.23. The second-order valence-electron chi connectivity index (χ2n) is 3.26. The minimum Gasteiger partial charge on any atom is -0.493 e. The Bertz CT molecular complexity index is 438. The molecule has 1 saturated heterocycles. The Morgan fingerprint density at radius 3 is 2.81 bits per heavy atom. The van der Waals surface area contributed by atoms with Gasteiger partial charge in [-0.15, -0.1) is 5.43 Å². The van der Waals surface area contributed by atoms with E-state index in [4.69, 9.17) is 16.3 Å². The zero-order valence-corrected chi connectivity index (χ0v) is 9.50. The van der Waals surface area contributed by atoms with Crippen molar-refractivity contribution in [2.24, 2.45) is 0 Å². The first-order chi connectivity index (χ1) is 7.61. The number of hydrazine groups is 2. The quantitative estimate of drug-likeness (QED) is 0.815. The highest BCUT2D eigenvalue weighted by molar-refractivity contribution is 6.32. The van der Waals surface area contributed by atoms with Crippen LogP contribution in [0, 0.1) is 6.92 Å². The third-order valence-electron chi connectivity index (χ3n) is 2.07. The predicted molar refractivity (Wildman–Crippen MR) is 59.0 cm³/mol. The predicted octanol–water partition coefficient (Wildman–Crippen LogP) is 1.13. The molecule has 1 aromatic rings. The maximum Gasteiger partial charge on any atom is 0.374 e. The topological polar surface area (TPSA) is 67.7 Å². The molecule has 1 aromatic carbocycles. The van der Waals surface area contributed by atoms with Gasteiger partial charge in [-0.3, -0.25) is 0 Å². The van der Waals surface area contributed by atoms with Crippen LogP contribution < -0.4 is 26.2 Å². The molecule has 2 amide bonds. The Morgan fingerprint density at radius 2 is 2.25 bits per heavy atom. The van der Waals surface area contributed by atoms with E-state index in [0.29, 0.717) is 16.5 Å². The number of carbonyl (C=O) groups is 1. The Morgan fingerprint density at radius 1 is 1.50 bits per heavy atom. The van der Waals surface area contributed by atoms with E-state index in [1.165, 1.54) is 12.2 Å². The van der Waals surface area contributed by atoms with Gasteiger partial charge in [0.05, 0.1) is 12.1 Å². The minimum absolute atomic E-state index is 0.470. The summed E-state index contributed by atoms with van der Waals surface area (Å²) in [4.78, 5) is 10.9.